The second-order valence-corrected chi connectivity index (χ2v) is 5.33. The van der Waals surface area contributed by atoms with E-state index in [1.807, 2.05) is 53.1 Å². The number of aromatic nitrogens is 2. The van der Waals surface area contributed by atoms with E-state index in [0.717, 1.165) is 29.1 Å². The van der Waals surface area contributed by atoms with Crippen molar-refractivity contribution in [3.05, 3.63) is 72.2 Å². The molecule has 1 N–H and O–H groups in total. The maximum absolute atomic E-state index is 11.9. The maximum atomic E-state index is 11.9. The number of pyridine rings is 1. The van der Waals surface area contributed by atoms with Gasteiger partial charge in [-0.05, 0) is 42.3 Å². The van der Waals surface area contributed by atoms with E-state index in [1.165, 1.54) is 6.08 Å². The van der Waals surface area contributed by atoms with Gasteiger partial charge in [-0.3, -0.25) is 4.79 Å². The van der Waals surface area contributed by atoms with Gasteiger partial charge < -0.3 is 14.5 Å². The van der Waals surface area contributed by atoms with Crippen molar-refractivity contribution in [1.29, 1.82) is 0 Å². The molecular formula is C19H19N3O2. The normalized spacial score (nSPS) is 11.0. The van der Waals surface area contributed by atoms with Crippen LogP contribution < -0.4 is 10.1 Å². The fourth-order valence-electron chi connectivity index (χ4n) is 2.42. The summed E-state index contributed by atoms with van der Waals surface area (Å²) in [4.78, 5) is 16.2. The predicted molar refractivity (Wildman–Crippen MR) is 93.9 cm³/mol. The van der Waals surface area contributed by atoms with Crippen LogP contribution >= 0.6 is 0 Å². The Morgan fingerprint density at radius 2 is 2.08 bits per heavy atom. The topological polar surface area (TPSA) is 55.6 Å². The number of benzene rings is 1. The lowest BCUT2D eigenvalue weighted by Crippen LogP contribution is -2.23. The van der Waals surface area contributed by atoms with Crippen LogP contribution in [-0.2, 0) is 11.2 Å². The van der Waals surface area contributed by atoms with Crippen molar-refractivity contribution >= 4 is 17.6 Å². The Balaban J connectivity index is 1.51. The van der Waals surface area contributed by atoms with Crippen molar-refractivity contribution in [1.82, 2.24) is 14.7 Å². The minimum atomic E-state index is -0.116. The quantitative estimate of drug-likeness (QED) is 0.710. The van der Waals surface area contributed by atoms with Crippen molar-refractivity contribution < 1.29 is 9.53 Å². The Morgan fingerprint density at radius 1 is 1.25 bits per heavy atom. The second-order valence-electron chi connectivity index (χ2n) is 5.33. The Bertz CT molecular complexity index is 850. The van der Waals surface area contributed by atoms with Crippen LogP contribution in [0.25, 0.3) is 11.7 Å². The number of hydrogen-bond donors (Lipinski definition) is 1. The van der Waals surface area contributed by atoms with E-state index in [0.29, 0.717) is 6.54 Å². The Labute approximate surface area is 140 Å². The molecule has 0 spiro atoms. The van der Waals surface area contributed by atoms with Crippen molar-refractivity contribution in [3.63, 3.8) is 0 Å². The van der Waals surface area contributed by atoms with Gasteiger partial charge in [0.05, 0.1) is 19.0 Å². The highest BCUT2D eigenvalue weighted by molar-refractivity contribution is 5.91. The first-order valence-corrected chi connectivity index (χ1v) is 7.77. The van der Waals surface area contributed by atoms with Crippen LogP contribution in [0.1, 0.15) is 11.3 Å². The lowest BCUT2D eigenvalue weighted by Gasteiger charge is -2.04. The number of nitrogens with one attached hydrogen (secondary N) is 1. The van der Waals surface area contributed by atoms with Crippen molar-refractivity contribution in [2.75, 3.05) is 13.7 Å². The van der Waals surface area contributed by atoms with Gasteiger partial charge in [0, 0.05) is 18.8 Å². The molecule has 2 heterocycles. The predicted octanol–water partition coefficient (Wildman–Crippen LogP) is 2.72. The largest absolute Gasteiger partial charge is 0.497 e. The molecular weight excluding hydrogens is 302 g/mol. The molecule has 0 saturated carbocycles. The van der Waals surface area contributed by atoms with E-state index in [1.54, 1.807) is 19.4 Å². The number of hydrogen-bond acceptors (Lipinski definition) is 3. The van der Waals surface area contributed by atoms with Crippen molar-refractivity contribution in [3.8, 4) is 5.75 Å². The van der Waals surface area contributed by atoms with Gasteiger partial charge in [-0.25, -0.2) is 4.98 Å². The van der Waals surface area contributed by atoms with E-state index in [-0.39, 0.29) is 5.91 Å². The number of carbonyl (C=O) groups excluding carboxylic acids is 1. The molecule has 0 aliphatic heterocycles. The summed E-state index contributed by atoms with van der Waals surface area (Å²) in [7, 11) is 1.64. The third kappa shape index (κ3) is 3.81. The first-order valence-electron chi connectivity index (χ1n) is 7.77. The van der Waals surface area contributed by atoms with Crippen LogP contribution in [0.3, 0.4) is 0 Å². The van der Waals surface area contributed by atoms with Gasteiger partial charge in [0.1, 0.15) is 11.4 Å². The van der Waals surface area contributed by atoms with E-state index in [9.17, 15) is 4.79 Å². The van der Waals surface area contributed by atoms with E-state index in [2.05, 4.69) is 10.3 Å². The number of ether oxygens (including phenoxy) is 1. The van der Waals surface area contributed by atoms with Crippen LogP contribution in [0.2, 0.25) is 0 Å². The van der Waals surface area contributed by atoms with Gasteiger partial charge >= 0.3 is 0 Å². The molecule has 3 rings (SSSR count). The highest BCUT2D eigenvalue weighted by Crippen LogP contribution is 2.11. The molecule has 122 valence electrons. The van der Waals surface area contributed by atoms with Gasteiger partial charge in [-0.1, -0.05) is 18.2 Å². The average Bonchev–Trinajstić information content (AvgIpc) is 3.04. The lowest BCUT2D eigenvalue weighted by atomic mass is 10.1. The third-order valence-electron chi connectivity index (χ3n) is 3.72. The Kier molecular flexibility index (Phi) is 4.91. The number of fused-ring (bicyclic) bond motifs is 1. The first kappa shape index (κ1) is 15.8. The molecule has 0 bridgehead atoms. The monoisotopic (exact) mass is 321 g/mol. The molecule has 1 amide bonds. The average molecular weight is 321 g/mol. The molecule has 24 heavy (non-hydrogen) atoms. The molecule has 3 aromatic rings. The highest BCUT2D eigenvalue weighted by atomic mass is 16.5. The van der Waals surface area contributed by atoms with Gasteiger partial charge in [-0.2, -0.15) is 0 Å². The summed E-state index contributed by atoms with van der Waals surface area (Å²) < 4.78 is 7.06. The zero-order chi connectivity index (χ0) is 16.8. The number of nitrogens with zero attached hydrogens (tertiary/aromatic N) is 2. The zero-order valence-corrected chi connectivity index (χ0v) is 13.5. The highest BCUT2D eigenvalue weighted by Gasteiger charge is 2.00. The standard InChI is InChI=1S/C19H19N3O2/c1-24-17-8-5-15(6-9-17)11-12-20-19(23)10-7-16-14-21-18-4-2-3-13-22(16)18/h2-10,13-14H,11-12H2,1H3,(H,20,23)/b10-7+. The number of imidazole rings is 1. The fourth-order valence-corrected chi connectivity index (χ4v) is 2.42. The molecule has 0 fully saturated rings. The minimum Gasteiger partial charge on any atom is -0.497 e. The summed E-state index contributed by atoms with van der Waals surface area (Å²) in [5.41, 5.74) is 2.88. The number of amides is 1. The lowest BCUT2D eigenvalue weighted by molar-refractivity contribution is -0.116. The molecule has 0 radical (unpaired) electrons. The van der Waals surface area contributed by atoms with E-state index >= 15 is 0 Å². The smallest absolute Gasteiger partial charge is 0.244 e. The van der Waals surface area contributed by atoms with Crippen LogP contribution in [0.4, 0.5) is 0 Å². The van der Waals surface area contributed by atoms with Crippen LogP contribution in [0.15, 0.2) is 60.9 Å². The van der Waals surface area contributed by atoms with Gasteiger partial charge in [0.15, 0.2) is 0 Å². The summed E-state index contributed by atoms with van der Waals surface area (Å²) in [6, 6.07) is 13.6. The third-order valence-corrected chi connectivity index (χ3v) is 3.72. The molecule has 0 unspecified atom stereocenters. The van der Waals surface area contributed by atoms with Gasteiger partial charge in [0.25, 0.3) is 0 Å². The first-order chi connectivity index (χ1) is 11.8. The molecule has 2 aromatic heterocycles. The SMILES string of the molecule is COc1ccc(CCNC(=O)/C=C/c2cnc3ccccn23)cc1. The summed E-state index contributed by atoms with van der Waals surface area (Å²) in [5.74, 6) is 0.716. The molecule has 1 aromatic carbocycles. The molecule has 5 heteroatoms. The van der Waals surface area contributed by atoms with E-state index in [4.69, 9.17) is 4.74 Å². The number of methoxy groups -OCH3 is 1. The summed E-state index contributed by atoms with van der Waals surface area (Å²) in [6.07, 6.45) is 7.74. The zero-order valence-electron chi connectivity index (χ0n) is 13.5. The summed E-state index contributed by atoms with van der Waals surface area (Å²) >= 11 is 0. The fraction of sp³-hybridized carbons (Fsp3) is 0.158. The van der Waals surface area contributed by atoms with Gasteiger partial charge in [-0.15, -0.1) is 0 Å². The molecule has 0 atom stereocenters. The Morgan fingerprint density at radius 3 is 2.88 bits per heavy atom. The van der Waals surface area contributed by atoms with Crippen molar-refractivity contribution in [2.24, 2.45) is 0 Å². The molecule has 0 aliphatic rings. The molecule has 0 saturated heterocycles. The van der Waals surface area contributed by atoms with Crippen LogP contribution in [0, 0.1) is 0 Å². The minimum absolute atomic E-state index is 0.116. The summed E-state index contributed by atoms with van der Waals surface area (Å²) in [5, 5.41) is 2.88. The van der Waals surface area contributed by atoms with Crippen LogP contribution in [-0.4, -0.2) is 28.9 Å². The van der Waals surface area contributed by atoms with E-state index < -0.39 is 0 Å². The maximum Gasteiger partial charge on any atom is 0.244 e. The number of carbonyl (C=O) groups is 1. The summed E-state index contributed by atoms with van der Waals surface area (Å²) in [6.45, 7) is 0.586. The van der Waals surface area contributed by atoms with Gasteiger partial charge in [0.2, 0.25) is 5.91 Å². The Hall–Kier alpha value is -3.08. The van der Waals surface area contributed by atoms with Crippen LogP contribution in [0.5, 0.6) is 5.75 Å². The molecule has 0 aliphatic carbocycles. The second kappa shape index (κ2) is 7.46. The van der Waals surface area contributed by atoms with Crippen molar-refractivity contribution in [2.45, 2.75) is 6.42 Å². The number of rotatable bonds is 6. The molecule has 5 nitrogen and oxygen atoms in total.